The van der Waals surface area contributed by atoms with Crippen molar-refractivity contribution in [3.05, 3.63) is 76.4 Å². The van der Waals surface area contributed by atoms with Crippen molar-refractivity contribution in [3.8, 4) is 11.5 Å². The molecule has 3 fully saturated rings. The first-order chi connectivity index (χ1) is 25.6. The van der Waals surface area contributed by atoms with Crippen molar-refractivity contribution in [2.75, 3.05) is 6.61 Å². The number of carbonyl (C=O) groups is 3. The van der Waals surface area contributed by atoms with E-state index in [9.17, 15) is 30.6 Å². The Hall–Kier alpha value is -3.87. The number of aliphatic hydroxyl groups is 5. The number of aromatic hydroxyl groups is 1. The van der Waals surface area contributed by atoms with E-state index in [4.69, 9.17) is 9.47 Å². The van der Waals surface area contributed by atoms with Crippen LogP contribution < -0.4 is 4.74 Å². The Balaban J connectivity index is 1.94. The van der Waals surface area contributed by atoms with Crippen molar-refractivity contribution in [1.82, 2.24) is 0 Å². The molecule has 11 nitrogen and oxygen atoms in total. The summed E-state index contributed by atoms with van der Waals surface area (Å²) >= 11 is 0. The minimum atomic E-state index is -1.75. The molecular formula is C44H60O11. The lowest BCUT2D eigenvalue weighted by Gasteiger charge is -2.60. The first kappa shape index (κ1) is 43.9. The average Bonchev–Trinajstić information content (AvgIpc) is 3.10. The molecular weight excluding hydrogens is 704 g/mol. The van der Waals surface area contributed by atoms with Gasteiger partial charge in [-0.05, 0) is 116 Å². The number of ketones is 3. The van der Waals surface area contributed by atoms with E-state index in [-0.39, 0.29) is 42.4 Å². The number of benzene rings is 1. The summed E-state index contributed by atoms with van der Waals surface area (Å²) in [4.78, 5) is 45.8. The summed E-state index contributed by atoms with van der Waals surface area (Å²) in [5.74, 6) is -4.02. The Labute approximate surface area is 324 Å². The number of ether oxygens (including phenoxy) is 2. The number of aliphatic hydroxyl groups excluding tert-OH is 5. The van der Waals surface area contributed by atoms with Gasteiger partial charge in [0.15, 0.2) is 28.8 Å². The third-order valence-electron chi connectivity index (χ3n) is 12.1. The molecule has 0 unspecified atom stereocenters. The fraction of sp³-hybridized carbons (Fsp3) is 0.568. The molecule has 0 radical (unpaired) electrons. The monoisotopic (exact) mass is 764 g/mol. The van der Waals surface area contributed by atoms with E-state index in [1.54, 1.807) is 0 Å². The van der Waals surface area contributed by atoms with Crippen LogP contribution in [0.15, 0.2) is 70.9 Å². The van der Waals surface area contributed by atoms with Gasteiger partial charge in [-0.15, -0.1) is 0 Å². The van der Waals surface area contributed by atoms with E-state index < -0.39 is 88.0 Å². The van der Waals surface area contributed by atoms with Crippen molar-refractivity contribution in [1.29, 1.82) is 0 Å². The number of Topliss-reactive ketones (excluding diaryl/α,β-unsaturated/α-hetero) is 3. The third-order valence-corrected chi connectivity index (χ3v) is 12.1. The molecule has 1 heterocycles. The lowest BCUT2D eigenvalue weighted by Crippen LogP contribution is -2.69. The summed E-state index contributed by atoms with van der Waals surface area (Å²) in [5.41, 5.74) is -1.13. The number of rotatable bonds is 13. The predicted molar refractivity (Wildman–Crippen MR) is 209 cm³/mol. The zero-order valence-electron chi connectivity index (χ0n) is 33.7. The molecule has 9 atom stereocenters. The van der Waals surface area contributed by atoms with Crippen LogP contribution in [-0.2, 0) is 19.1 Å². The van der Waals surface area contributed by atoms with Crippen LogP contribution in [0.25, 0.3) is 5.76 Å². The van der Waals surface area contributed by atoms with Gasteiger partial charge < -0.3 is 40.1 Å². The minimum Gasteiger partial charge on any atom is -0.506 e. The van der Waals surface area contributed by atoms with Crippen molar-refractivity contribution in [2.45, 2.75) is 125 Å². The lowest BCUT2D eigenvalue weighted by molar-refractivity contribution is -0.277. The highest BCUT2D eigenvalue weighted by molar-refractivity contribution is 6.41. The van der Waals surface area contributed by atoms with E-state index in [1.807, 2.05) is 74.5 Å². The number of hydrogen-bond acceptors (Lipinski definition) is 11. The quantitative estimate of drug-likeness (QED) is 0.0439. The fourth-order valence-corrected chi connectivity index (χ4v) is 8.47. The van der Waals surface area contributed by atoms with Crippen LogP contribution in [0.3, 0.4) is 0 Å². The fourth-order valence-electron chi connectivity index (χ4n) is 8.47. The van der Waals surface area contributed by atoms with E-state index in [1.165, 1.54) is 12.1 Å². The zero-order valence-corrected chi connectivity index (χ0v) is 33.7. The van der Waals surface area contributed by atoms with Gasteiger partial charge in [-0.2, -0.15) is 0 Å². The molecule has 55 heavy (non-hydrogen) atoms. The molecule has 11 heteroatoms. The average molecular weight is 765 g/mol. The molecule has 6 N–H and O–H groups in total. The van der Waals surface area contributed by atoms with Crippen LogP contribution in [0.5, 0.6) is 11.5 Å². The Morgan fingerprint density at radius 3 is 2.09 bits per heavy atom. The van der Waals surface area contributed by atoms with Gasteiger partial charge in [0.25, 0.3) is 0 Å². The highest BCUT2D eigenvalue weighted by Crippen LogP contribution is 2.66. The Bertz CT molecular complexity index is 1800. The first-order valence-corrected chi connectivity index (χ1v) is 19.0. The van der Waals surface area contributed by atoms with E-state index in [2.05, 4.69) is 12.7 Å². The second-order valence-electron chi connectivity index (χ2n) is 17.1. The Morgan fingerprint density at radius 2 is 1.55 bits per heavy atom. The van der Waals surface area contributed by atoms with Crippen molar-refractivity contribution in [3.63, 3.8) is 0 Å². The van der Waals surface area contributed by atoms with Crippen LogP contribution >= 0.6 is 0 Å². The van der Waals surface area contributed by atoms with Gasteiger partial charge in [0.05, 0.1) is 12.0 Å². The maximum absolute atomic E-state index is 15.4. The molecule has 1 saturated heterocycles. The highest BCUT2D eigenvalue weighted by Gasteiger charge is 2.74. The van der Waals surface area contributed by atoms with E-state index in [0.29, 0.717) is 12.8 Å². The van der Waals surface area contributed by atoms with Gasteiger partial charge in [0, 0.05) is 5.56 Å². The Kier molecular flexibility index (Phi) is 13.3. The standard InChI is InChI=1S/C44H60O11/c1-23(2)11-13-28(26(7)8)20-43-21-29(15-12-24(3)4)42(9,10)44(41(43)53,18-17-25(5)6)39(52)33(38(43)51)34(47)27-14-16-31(30(46)19-27)54-40-37(50)36(49)35(48)32(22-45)55-40/h11-12,14,16-17,19,28-29,32,35-37,40,45-50H,7,13,15,18,20-22H2,1-6,8-10H3/b34-33-/t28-,29-,32-,35-,36+,37-,40-,43+,44-/m1/s1. The van der Waals surface area contributed by atoms with Gasteiger partial charge in [-0.25, -0.2) is 0 Å². The predicted octanol–water partition coefficient (Wildman–Crippen LogP) is 6.23. The Morgan fingerprint density at radius 1 is 0.927 bits per heavy atom. The molecule has 0 amide bonds. The number of carbonyl (C=O) groups excluding carboxylic acids is 3. The molecule has 1 aromatic carbocycles. The molecule has 0 aromatic heterocycles. The zero-order chi connectivity index (χ0) is 41.4. The summed E-state index contributed by atoms with van der Waals surface area (Å²) in [7, 11) is 0. The van der Waals surface area contributed by atoms with E-state index >= 15 is 14.4 Å². The molecule has 2 aliphatic carbocycles. The van der Waals surface area contributed by atoms with Crippen LogP contribution in [-0.4, -0.2) is 85.3 Å². The minimum absolute atomic E-state index is 0.0277. The third kappa shape index (κ3) is 8.05. The smallest absolute Gasteiger partial charge is 0.229 e. The maximum atomic E-state index is 15.4. The van der Waals surface area contributed by atoms with Crippen LogP contribution in [0.4, 0.5) is 0 Å². The van der Waals surface area contributed by atoms with E-state index in [0.717, 1.165) is 28.4 Å². The van der Waals surface area contributed by atoms with Gasteiger partial charge >= 0.3 is 0 Å². The van der Waals surface area contributed by atoms with Gasteiger partial charge in [-0.3, -0.25) is 14.4 Å². The number of fused-ring (bicyclic) bond motifs is 2. The van der Waals surface area contributed by atoms with Crippen LogP contribution in [0.2, 0.25) is 0 Å². The largest absolute Gasteiger partial charge is 0.506 e. The van der Waals surface area contributed by atoms with Crippen molar-refractivity contribution in [2.24, 2.45) is 28.1 Å². The number of hydrogen-bond donors (Lipinski definition) is 6. The summed E-state index contributed by atoms with van der Waals surface area (Å²) in [5, 5.41) is 63.5. The normalized spacial score (nSPS) is 31.6. The topological polar surface area (TPSA) is 191 Å². The summed E-state index contributed by atoms with van der Waals surface area (Å²) in [6, 6.07) is 3.60. The molecule has 302 valence electrons. The second kappa shape index (κ2) is 16.7. The second-order valence-corrected chi connectivity index (χ2v) is 17.1. The first-order valence-electron chi connectivity index (χ1n) is 19.0. The number of phenols is 1. The summed E-state index contributed by atoms with van der Waals surface area (Å²) in [6.45, 7) is 20.9. The molecule has 1 aliphatic heterocycles. The van der Waals surface area contributed by atoms with Crippen LogP contribution in [0.1, 0.15) is 100.0 Å². The molecule has 1 aromatic rings. The number of phenolic OH excluding ortho intramolecular Hbond substituents is 1. The summed E-state index contributed by atoms with van der Waals surface area (Å²) in [6.07, 6.45) is -0.598. The lowest BCUT2D eigenvalue weighted by atomic mass is 9.38. The van der Waals surface area contributed by atoms with Crippen LogP contribution in [0, 0.1) is 28.1 Å². The van der Waals surface area contributed by atoms with Crippen molar-refractivity contribution < 1.29 is 54.5 Å². The van der Waals surface area contributed by atoms with Gasteiger partial charge in [0.2, 0.25) is 6.29 Å². The maximum Gasteiger partial charge on any atom is 0.229 e. The van der Waals surface area contributed by atoms with Gasteiger partial charge in [0.1, 0.15) is 41.2 Å². The number of allylic oxidation sites excluding steroid dienone is 8. The molecule has 2 bridgehead atoms. The SMILES string of the molecule is C=C(C)[C@H](CC=C(C)C)C[C@]12C[C@@H](CC=C(C)C)C(C)(C)[C@](CC=C(C)C)(C(=O)/C(=C(\O)c3ccc(O[C@@H]4O[C@H](CO)[C@@H](O)[C@H](O)[C@H]4O)c(O)c3)C1=O)C2=O. The molecule has 3 aliphatic rings. The highest BCUT2D eigenvalue weighted by atomic mass is 16.7. The summed E-state index contributed by atoms with van der Waals surface area (Å²) < 4.78 is 11.0. The van der Waals surface area contributed by atoms with Gasteiger partial charge in [-0.1, -0.05) is 60.9 Å². The molecule has 0 spiro atoms. The van der Waals surface area contributed by atoms with Crippen molar-refractivity contribution >= 4 is 23.1 Å². The molecule has 4 rings (SSSR count). The molecule has 2 saturated carbocycles.